The van der Waals surface area contributed by atoms with E-state index in [9.17, 15) is 9.59 Å². The zero-order chi connectivity index (χ0) is 17.5. The maximum atomic E-state index is 12.2. The van der Waals surface area contributed by atoms with E-state index in [1.165, 1.54) is 0 Å². The van der Waals surface area contributed by atoms with Gasteiger partial charge in [-0.2, -0.15) is 0 Å². The van der Waals surface area contributed by atoms with E-state index in [4.69, 9.17) is 9.47 Å². The second-order valence-corrected chi connectivity index (χ2v) is 6.00. The highest BCUT2D eigenvalue weighted by Gasteiger charge is 2.28. The number of nitrogens with one attached hydrogen (secondary N) is 2. The highest BCUT2D eigenvalue weighted by atomic mass is 16.5. The molecular weight excluding hydrogens is 308 g/mol. The molecule has 2 atom stereocenters. The van der Waals surface area contributed by atoms with E-state index in [2.05, 4.69) is 17.6 Å². The van der Waals surface area contributed by atoms with Crippen LogP contribution in [-0.4, -0.2) is 31.6 Å². The average Bonchev–Trinajstić information content (AvgIpc) is 3.01. The third-order valence-corrected chi connectivity index (χ3v) is 4.11. The lowest BCUT2D eigenvalue weighted by atomic mass is 10.1. The number of unbranched alkanes of at least 4 members (excludes halogenated alkanes) is 1. The summed E-state index contributed by atoms with van der Waals surface area (Å²) in [5.41, 5.74) is 0.923. The van der Waals surface area contributed by atoms with Crippen molar-refractivity contribution in [1.29, 1.82) is 0 Å². The van der Waals surface area contributed by atoms with Crippen LogP contribution in [0.2, 0.25) is 0 Å². The second kappa shape index (κ2) is 8.57. The van der Waals surface area contributed by atoms with Gasteiger partial charge in [0.2, 0.25) is 11.8 Å². The topological polar surface area (TPSA) is 76.7 Å². The van der Waals surface area contributed by atoms with E-state index >= 15 is 0 Å². The van der Waals surface area contributed by atoms with E-state index in [0.29, 0.717) is 30.9 Å². The van der Waals surface area contributed by atoms with Crippen LogP contribution in [-0.2, 0) is 9.59 Å². The Morgan fingerprint density at radius 2 is 2.21 bits per heavy atom. The van der Waals surface area contributed by atoms with Crippen molar-refractivity contribution in [3.63, 3.8) is 0 Å². The molecule has 1 saturated heterocycles. The molecule has 1 aromatic rings. The number of carbonyl (C=O) groups is 2. The van der Waals surface area contributed by atoms with Gasteiger partial charge in [0.05, 0.1) is 19.8 Å². The van der Waals surface area contributed by atoms with E-state index in [1.807, 2.05) is 25.1 Å². The Morgan fingerprint density at radius 3 is 2.83 bits per heavy atom. The minimum atomic E-state index is -0.432. The van der Waals surface area contributed by atoms with Gasteiger partial charge in [-0.15, -0.1) is 0 Å². The summed E-state index contributed by atoms with van der Waals surface area (Å²) >= 11 is 0. The van der Waals surface area contributed by atoms with Gasteiger partial charge >= 0.3 is 0 Å². The van der Waals surface area contributed by atoms with Crippen LogP contribution < -0.4 is 20.1 Å². The third-order valence-electron chi connectivity index (χ3n) is 4.11. The van der Waals surface area contributed by atoms with Gasteiger partial charge in [0.1, 0.15) is 6.04 Å². The van der Waals surface area contributed by atoms with Crippen molar-refractivity contribution in [2.75, 3.05) is 13.7 Å². The van der Waals surface area contributed by atoms with Gasteiger partial charge in [-0.25, -0.2) is 0 Å². The number of hydrogen-bond acceptors (Lipinski definition) is 4. The molecule has 1 fully saturated rings. The van der Waals surface area contributed by atoms with Crippen molar-refractivity contribution in [1.82, 2.24) is 10.6 Å². The Hall–Kier alpha value is -2.24. The molecule has 2 rings (SSSR count). The fourth-order valence-corrected chi connectivity index (χ4v) is 2.61. The normalized spacial score (nSPS) is 18.0. The molecular formula is C18H26N2O4. The maximum Gasteiger partial charge on any atom is 0.243 e. The molecule has 1 heterocycles. The molecule has 132 valence electrons. The van der Waals surface area contributed by atoms with Gasteiger partial charge in [0, 0.05) is 6.42 Å². The van der Waals surface area contributed by atoms with Crippen molar-refractivity contribution >= 4 is 11.8 Å². The molecule has 2 amide bonds. The minimum Gasteiger partial charge on any atom is -0.493 e. The summed E-state index contributed by atoms with van der Waals surface area (Å²) < 4.78 is 11.1. The summed E-state index contributed by atoms with van der Waals surface area (Å²) in [7, 11) is 1.60. The smallest absolute Gasteiger partial charge is 0.243 e. The standard InChI is InChI=1S/C18H26N2O4/c1-4-5-10-24-15-8-6-13(11-16(15)23-3)12(2)19-18(22)14-7-9-17(21)20-14/h6,8,11-12,14H,4-5,7,9-10H2,1-3H3,(H,19,22)(H,20,21)/t12-,14-/m0/s1. The third kappa shape index (κ3) is 4.63. The van der Waals surface area contributed by atoms with Gasteiger partial charge in [-0.05, 0) is 37.5 Å². The predicted octanol–water partition coefficient (Wildman–Crippen LogP) is 2.33. The number of benzene rings is 1. The molecule has 6 nitrogen and oxygen atoms in total. The van der Waals surface area contributed by atoms with Gasteiger partial charge < -0.3 is 20.1 Å². The van der Waals surface area contributed by atoms with Crippen molar-refractivity contribution in [2.45, 2.75) is 51.6 Å². The molecule has 0 radical (unpaired) electrons. The molecule has 0 saturated carbocycles. The molecule has 6 heteroatoms. The summed E-state index contributed by atoms with van der Waals surface area (Å²) in [6.07, 6.45) is 3.01. The van der Waals surface area contributed by atoms with E-state index < -0.39 is 6.04 Å². The van der Waals surface area contributed by atoms with Crippen LogP contribution in [0.15, 0.2) is 18.2 Å². The van der Waals surface area contributed by atoms with Crippen molar-refractivity contribution < 1.29 is 19.1 Å². The molecule has 0 unspecified atom stereocenters. The second-order valence-electron chi connectivity index (χ2n) is 6.00. The highest BCUT2D eigenvalue weighted by Crippen LogP contribution is 2.30. The SMILES string of the molecule is CCCCOc1ccc([C@H](C)NC(=O)[C@@H]2CCC(=O)N2)cc1OC. The number of rotatable bonds is 8. The number of hydrogen-bond donors (Lipinski definition) is 2. The molecule has 0 aromatic heterocycles. The molecule has 24 heavy (non-hydrogen) atoms. The van der Waals surface area contributed by atoms with E-state index in [1.54, 1.807) is 7.11 Å². The lowest BCUT2D eigenvalue weighted by molar-refractivity contribution is -0.126. The Bertz CT molecular complexity index is 588. The van der Waals surface area contributed by atoms with Gasteiger partial charge in [-0.1, -0.05) is 19.4 Å². The van der Waals surface area contributed by atoms with Crippen LogP contribution in [0.1, 0.15) is 51.1 Å². The first-order valence-electron chi connectivity index (χ1n) is 8.45. The number of amides is 2. The lowest BCUT2D eigenvalue weighted by Gasteiger charge is -2.19. The molecule has 0 bridgehead atoms. The Labute approximate surface area is 142 Å². The van der Waals surface area contributed by atoms with Crippen LogP contribution in [0.3, 0.4) is 0 Å². The summed E-state index contributed by atoms with van der Waals surface area (Å²) in [5, 5.41) is 5.61. The number of carbonyl (C=O) groups excluding carboxylic acids is 2. The molecule has 1 aliphatic heterocycles. The van der Waals surface area contributed by atoms with Crippen LogP contribution in [0.4, 0.5) is 0 Å². The highest BCUT2D eigenvalue weighted by molar-refractivity contribution is 5.90. The minimum absolute atomic E-state index is 0.0712. The molecule has 2 N–H and O–H groups in total. The summed E-state index contributed by atoms with van der Waals surface area (Å²) in [4.78, 5) is 23.4. The summed E-state index contributed by atoms with van der Waals surface area (Å²) in [6.45, 7) is 4.67. The first kappa shape index (κ1) is 18.1. The molecule has 0 spiro atoms. The largest absolute Gasteiger partial charge is 0.493 e. The van der Waals surface area contributed by atoms with Crippen LogP contribution in [0.25, 0.3) is 0 Å². The Balaban J connectivity index is 1.99. The van der Waals surface area contributed by atoms with Gasteiger partial charge in [0.25, 0.3) is 0 Å². The first-order chi connectivity index (χ1) is 11.5. The lowest BCUT2D eigenvalue weighted by Crippen LogP contribution is -2.42. The van der Waals surface area contributed by atoms with E-state index in [-0.39, 0.29) is 17.9 Å². The predicted molar refractivity (Wildman–Crippen MR) is 91.1 cm³/mol. The zero-order valence-corrected chi connectivity index (χ0v) is 14.6. The number of methoxy groups -OCH3 is 1. The quantitative estimate of drug-likeness (QED) is 0.715. The first-order valence-corrected chi connectivity index (χ1v) is 8.45. The Morgan fingerprint density at radius 1 is 1.42 bits per heavy atom. The van der Waals surface area contributed by atoms with Crippen molar-refractivity contribution in [3.8, 4) is 11.5 Å². The fourth-order valence-electron chi connectivity index (χ4n) is 2.61. The van der Waals surface area contributed by atoms with Crippen molar-refractivity contribution in [2.24, 2.45) is 0 Å². The van der Waals surface area contributed by atoms with Crippen LogP contribution in [0, 0.1) is 0 Å². The summed E-state index contributed by atoms with van der Waals surface area (Å²) in [5.74, 6) is 1.13. The maximum absolute atomic E-state index is 12.2. The number of ether oxygens (including phenoxy) is 2. The van der Waals surface area contributed by atoms with Crippen molar-refractivity contribution in [3.05, 3.63) is 23.8 Å². The molecule has 0 aliphatic carbocycles. The summed E-state index contributed by atoms with van der Waals surface area (Å²) in [6, 6.07) is 5.04. The van der Waals surface area contributed by atoms with Crippen LogP contribution in [0.5, 0.6) is 11.5 Å². The monoisotopic (exact) mass is 334 g/mol. The Kier molecular flexibility index (Phi) is 6.46. The molecule has 1 aromatic carbocycles. The average molecular weight is 334 g/mol. The fraction of sp³-hybridized carbons (Fsp3) is 0.556. The van der Waals surface area contributed by atoms with Gasteiger partial charge in [0.15, 0.2) is 11.5 Å². The molecule has 1 aliphatic rings. The van der Waals surface area contributed by atoms with Gasteiger partial charge in [-0.3, -0.25) is 9.59 Å². The van der Waals surface area contributed by atoms with E-state index in [0.717, 1.165) is 18.4 Å². The zero-order valence-electron chi connectivity index (χ0n) is 14.6. The van der Waals surface area contributed by atoms with Crippen LogP contribution >= 0.6 is 0 Å².